The summed E-state index contributed by atoms with van der Waals surface area (Å²) in [6.45, 7) is 3.36. The zero-order chi connectivity index (χ0) is 29.1. The lowest BCUT2D eigenvalue weighted by Crippen LogP contribution is -2.56. The van der Waals surface area contributed by atoms with E-state index in [2.05, 4.69) is 0 Å². The van der Waals surface area contributed by atoms with Gasteiger partial charge in [0.15, 0.2) is 22.8 Å². The average molecular weight is 519 g/mol. The predicted octanol–water partition coefficient (Wildman–Crippen LogP) is -2.51. The van der Waals surface area contributed by atoms with Crippen molar-refractivity contribution in [3.8, 4) is 0 Å². The number of quaternary nitrogens is 2. The van der Waals surface area contributed by atoms with E-state index in [0.29, 0.717) is 5.57 Å². The first-order valence-electron chi connectivity index (χ1n) is 11.3. The summed E-state index contributed by atoms with van der Waals surface area (Å²) in [6.07, 6.45) is -0.508. The maximum atomic E-state index is 11.9. The summed E-state index contributed by atoms with van der Waals surface area (Å²) in [7, 11) is 10.5. The van der Waals surface area contributed by atoms with Crippen LogP contribution in [-0.4, -0.2) is 120 Å². The van der Waals surface area contributed by atoms with Crippen LogP contribution in [0, 0.1) is 0 Å². The summed E-state index contributed by atoms with van der Waals surface area (Å²) < 4.78 is 0.487. The smallest absolute Gasteiger partial charge is 0.303 e. The highest BCUT2D eigenvalue weighted by Gasteiger charge is 2.41. The van der Waals surface area contributed by atoms with Crippen LogP contribution in [0.2, 0.25) is 0 Å². The van der Waals surface area contributed by atoms with Crippen molar-refractivity contribution in [3.05, 3.63) is 11.6 Å². The standard InChI is InChI=1S/C12H21NO6.C12H21NO4/c1-13(2,3)8-12(19,7-11(17)18)9(14)5-4-6-10(15)16;1-9(2)6-10(14)12(17,7-11(15)16)8-13(3,4)5/h19H,4-8H2,1-3H3,(H-,15,16,17,18);6,17H,7-8H2,1-5H3. The van der Waals surface area contributed by atoms with Gasteiger partial charge in [-0.25, -0.2) is 0 Å². The second-order valence-electron chi connectivity index (χ2n) is 11.3. The zero-order valence-corrected chi connectivity index (χ0v) is 22.6. The number of hydrogen-bond acceptors (Lipinski definition) is 9. The molecule has 0 aromatic rings. The quantitative estimate of drug-likeness (QED) is 0.154. The molecule has 36 heavy (non-hydrogen) atoms. The number of likely N-dealkylation sites (N-methyl/N-ethyl adjacent to an activating group) is 2. The fraction of sp³-hybridized carbons (Fsp3) is 0.708. The van der Waals surface area contributed by atoms with Gasteiger partial charge in [-0.2, -0.15) is 0 Å². The maximum absolute atomic E-state index is 11.9. The molecule has 0 amide bonds. The van der Waals surface area contributed by atoms with Crippen LogP contribution in [0.5, 0.6) is 0 Å². The second kappa shape index (κ2) is 14.2. The largest absolute Gasteiger partial charge is 0.550 e. The number of carbonyl (C=O) groups is 5. The number of carboxylic acids is 3. The van der Waals surface area contributed by atoms with Gasteiger partial charge in [0, 0.05) is 37.6 Å². The minimum atomic E-state index is -2.02. The molecule has 0 rings (SSSR count). The number of rotatable bonds is 15. The van der Waals surface area contributed by atoms with Gasteiger partial charge in [-0.15, -0.1) is 0 Å². The number of allylic oxidation sites excluding steroid dienone is 1. The van der Waals surface area contributed by atoms with Gasteiger partial charge in [-0.3, -0.25) is 14.4 Å². The van der Waals surface area contributed by atoms with Crippen molar-refractivity contribution in [2.45, 2.75) is 57.2 Å². The van der Waals surface area contributed by atoms with E-state index in [-0.39, 0.29) is 41.3 Å². The molecule has 0 radical (unpaired) electrons. The molecule has 0 fully saturated rings. The molecule has 12 heteroatoms. The highest BCUT2D eigenvalue weighted by Crippen LogP contribution is 2.19. The number of ketones is 2. The topological polar surface area (TPSA) is 192 Å². The van der Waals surface area contributed by atoms with Crippen molar-refractivity contribution in [2.75, 3.05) is 55.4 Å². The molecule has 0 saturated heterocycles. The van der Waals surface area contributed by atoms with Gasteiger partial charge >= 0.3 is 5.97 Å². The Morgan fingerprint density at radius 2 is 1.14 bits per heavy atom. The van der Waals surface area contributed by atoms with Crippen LogP contribution in [0.1, 0.15) is 46.0 Å². The summed E-state index contributed by atoms with van der Waals surface area (Å²) in [4.78, 5) is 55.4. The van der Waals surface area contributed by atoms with Gasteiger partial charge in [0.25, 0.3) is 0 Å². The Morgan fingerprint density at radius 1 is 0.750 bits per heavy atom. The van der Waals surface area contributed by atoms with E-state index in [9.17, 15) is 44.4 Å². The fourth-order valence-corrected chi connectivity index (χ4v) is 3.54. The van der Waals surface area contributed by atoms with Crippen LogP contribution in [-0.2, 0) is 24.0 Å². The number of nitrogens with zero attached hydrogens (tertiary/aromatic N) is 2. The highest BCUT2D eigenvalue weighted by molar-refractivity contribution is 5.99. The van der Waals surface area contributed by atoms with E-state index in [4.69, 9.17) is 5.11 Å². The lowest BCUT2D eigenvalue weighted by molar-refractivity contribution is -0.875. The lowest BCUT2D eigenvalue weighted by atomic mass is 9.90. The number of aliphatic hydroxyl groups is 2. The van der Waals surface area contributed by atoms with Crippen molar-refractivity contribution in [2.24, 2.45) is 0 Å². The summed E-state index contributed by atoms with van der Waals surface area (Å²) in [5.41, 5.74) is -3.21. The monoisotopic (exact) mass is 518 g/mol. The van der Waals surface area contributed by atoms with E-state index >= 15 is 0 Å². The number of aliphatic carboxylic acids is 3. The summed E-state index contributed by atoms with van der Waals surface area (Å²) in [6, 6.07) is 0. The van der Waals surface area contributed by atoms with Crippen molar-refractivity contribution in [1.29, 1.82) is 0 Å². The minimum absolute atomic E-state index is 0.0175. The first kappa shape index (κ1) is 35.5. The van der Waals surface area contributed by atoms with Crippen molar-refractivity contribution >= 4 is 29.5 Å². The Kier molecular flexibility index (Phi) is 14.0. The number of carbonyl (C=O) groups excluding carboxylic acids is 4. The molecule has 0 saturated carbocycles. The molecular weight excluding hydrogens is 476 g/mol. The van der Waals surface area contributed by atoms with E-state index in [0.717, 1.165) is 0 Å². The Labute approximate surface area is 212 Å². The molecule has 0 aliphatic rings. The van der Waals surface area contributed by atoms with Crippen LogP contribution in [0.4, 0.5) is 0 Å². The lowest BCUT2D eigenvalue weighted by Gasteiger charge is -2.34. The molecule has 12 nitrogen and oxygen atoms in total. The third-order valence-electron chi connectivity index (χ3n) is 4.54. The third-order valence-corrected chi connectivity index (χ3v) is 4.54. The van der Waals surface area contributed by atoms with Gasteiger partial charge < -0.3 is 44.1 Å². The second-order valence-corrected chi connectivity index (χ2v) is 11.3. The Bertz CT molecular complexity index is 835. The van der Waals surface area contributed by atoms with Crippen LogP contribution >= 0.6 is 0 Å². The molecule has 0 bridgehead atoms. The predicted molar refractivity (Wildman–Crippen MR) is 126 cm³/mol. The summed E-state index contributed by atoms with van der Waals surface area (Å²) >= 11 is 0. The molecule has 0 aliphatic carbocycles. The zero-order valence-electron chi connectivity index (χ0n) is 22.6. The average Bonchev–Trinajstić information content (AvgIpc) is 2.56. The number of Topliss-reactive ketones (excluding diaryl/α,β-unsaturated/α-hetero) is 1. The van der Waals surface area contributed by atoms with E-state index < -0.39 is 53.5 Å². The summed E-state index contributed by atoms with van der Waals surface area (Å²) in [5, 5.41) is 50.2. The number of carboxylic acid groups (broad SMARTS) is 3. The number of hydrogen-bond donors (Lipinski definition) is 3. The highest BCUT2D eigenvalue weighted by atomic mass is 16.4. The van der Waals surface area contributed by atoms with Crippen molar-refractivity contribution in [1.82, 2.24) is 0 Å². The normalized spacial score (nSPS) is 14.8. The molecule has 2 unspecified atom stereocenters. The van der Waals surface area contributed by atoms with Gasteiger partial charge in [0.05, 0.1) is 42.3 Å². The van der Waals surface area contributed by atoms with E-state index in [1.807, 2.05) is 0 Å². The molecule has 0 aromatic heterocycles. The molecule has 0 aliphatic heterocycles. The molecule has 0 spiro atoms. The maximum Gasteiger partial charge on any atom is 0.303 e. The minimum Gasteiger partial charge on any atom is -0.550 e. The van der Waals surface area contributed by atoms with Crippen LogP contribution < -0.4 is 10.2 Å². The third kappa shape index (κ3) is 16.9. The molecule has 0 heterocycles. The van der Waals surface area contributed by atoms with Crippen LogP contribution in [0.15, 0.2) is 11.6 Å². The Balaban J connectivity index is 0. The van der Waals surface area contributed by atoms with E-state index in [1.165, 1.54) is 6.08 Å². The fourth-order valence-electron chi connectivity index (χ4n) is 3.54. The first-order valence-corrected chi connectivity index (χ1v) is 11.3. The molecule has 208 valence electrons. The first-order chi connectivity index (χ1) is 15.9. The van der Waals surface area contributed by atoms with Gasteiger partial charge in [-0.05, 0) is 26.3 Å². The van der Waals surface area contributed by atoms with E-state index in [1.54, 1.807) is 56.1 Å². The SMILES string of the molecule is CC(C)=CC(=O)C(O)(CC(=O)[O-])C[N+](C)(C)C.C[N+](C)(C)CC(O)(CC(=O)[O-])C(=O)CCCC(=O)O. The molecule has 2 atom stereocenters. The van der Waals surface area contributed by atoms with Gasteiger partial charge in [0.1, 0.15) is 13.1 Å². The van der Waals surface area contributed by atoms with Crippen LogP contribution in [0.3, 0.4) is 0 Å². The van der Waals surface area contributed by atoms with Crippen molar-refractivity contribution in [3.63, 3.8) is 0 Å². The van der Waals surface area contributed by atoms with Gasteiger partial charge in [0.2, 0.25) is 0 Å². The Morgan fingerprint density at radius 3 is 1.47 bits per heavy atom. The Hall–Kier alpha value is -2.67. The van der Waals surface area contributed by atoms with Crippen LogP contribution in [0.25, 0.3) is 0 Å². The summed E-state index contributed by atoms with van der Waals surface area (Å²) in [5.74, 6) is -5.23. The molecule has 3 N–H and O–H groups in total. The molecule has 0 aromatic carbocycles. The van der Waals surface area contributed by atoms with Gasteiger partial charge in [-0.1, -0.05) is 5.57 Å². The van der Waals surface area contributed by atoms with Crippen molar-refractivity contribution < 1.29 is 58.5 Å². The molecular formula is C24H42N2O10.